The van der Waals surface area contributed by atoms with Gasteiger partial charge in [0.15, 0.2) is 11.0 Å². The van der Waals surface area contributed by atoms with Crippen LogP contribution in [0.1, 0.15) is 28.5 Å². The van der Waals surface area contributed by atoms with Gasteiger partial charge in [0.05, 0.1) is 19.3 Å². The lowest BCUT2D eigenvalue weighted by atomic mass is 9.96. The van der Waals surface area contributed by atoms with Crippen molar-refractivity contribution >= 4 is 22.4 Å². The first kappa shape index (κ1) is 16.5. The van der Waals surface area contributed by atoms with Gasteiger partial charge in [0.25, 0.3) is 0 Å². The number of ether oxygens (including phenoxy) is 1. The number of nitrogens with two attached hydrogens (primary N) is 1. The van der Waals surface area contributed by atoms with E-state index in [1.807, 2.05) is 24.3 Å². The maximum atomic E-state index is 12.0. The fourth-order valence-corrected chi connectivity index (χ4v) is 3.97. The molecule has 0 unspecified atom stereocenters. The molecule has 3 aromatic rings. The zero-order chi connectivity index (χ0) is 18.1. The average Bonchev–Trinajstić information content (AvgIpc) is 2.98. The largest absolute Gasteiger partial charge is 0.497 e. The number of fused-ring (bicyclic) bond motifs is 1. The molecule has 0 radical (unpaired) electrons. The van der Waals surface area contributed by atoms with Crippen LogP contribution in [0.2, 0.25) is 0 Å². The zero-order valence-corrected chi connectivity index (χ0v) is 14.9. The molecule has 1 aliphatic heterocycles. The van der Waals surface area contributed by atoms with E-state index in [4.69, 9.17) is 10.5 Å². The van der Waals surface area contributed by atoms with Crippen molar-refractivity contribution in [2.24, 2.45) is 0 Å². The van der Waals surface area contributed by atoms with Crippen molar-refractivity contribution in [3.63, 3.8) is 0 Å². The van der Waals surface area contributed by atoms with E-state index in [-0.39, 0.29) is 11.8 Å². The predicted octanol–water partition coefficient (Wildman–Crippen LogP) is 2.34. The molecule has 1 atom stereocenters. The summed E-state index contributed by atoms with van der Waals surface area (Å²) in [4.78, 5) is 26.4. The summed E-state index contributed by atoms with van der Waals surface area (Å²) in [6.07, 6.45) is 3.88. The van der Waals surface area contributed by atoms with E-state index in [9.17, 15) is 4.79 Å². The Morgan fingerprint density at radius 3 is 2.65 bits per heavy atom. The topological polar surface area (TPSA) is 103 Å². The molecule has 1 aliphatic rings. The van der Waals surface area contributed by atoms with Gasteiger partial charge in [-0.2, -0.15) is 0 Å². The van der Waals surface area contributed by atoms with E-state index >= 15 is 0 Å². The maximum Gasteiger partial charge on any atom is 0.221 e. The van der Waals surface area contributed by atoms with Gasteiger partial charge >= 0.3 is 0 Å². The molecule has 0 fully saturated rings. The number of nitrogens with one attached hydrogen (secondary N) is 1. The van der Waals surface area contributed by atoms with Crippen LogP contribution in [0.15, 0.2) is 36.7 Å². The number of hydrogen-bond donors (Lipinski definition) is 2. The Morgan fingerprint density at radius 1 is 1.23 bits per heavy atom. The van der Waals surface area contributed by atoms with Crippen molar-refractivity contribution < 1.29 is 9.53 Å². The van der Waals surface area contributed by atoms with Crippen LogP contribution < -0.4 is 15.8 Å². The lowest BCUT2D eigenvalue weighted by Crippen LogP contribution is -2.21. The summed E-state index contributed by atoms with van der Waals surface area (Å²) in [5.74, 6) is 1.26. The van der Waals surface area contributed by atoms with Crippen LogP contribution in [-0.4, -0.2) is 28.0 Å². The second kappa shape index (κ2) is 6.72. The number of nitrogen functional groups attached to an aromatic ring is 1. The molecule has 4 rings (SSSR count). The van der Waals surface area contributed by atoms with Crippen LogP contribution in [-0.2, 0) is 11.3 Å². The maximum absolute atomic E-state index is 12.0. The van der Waals surface area contributed by atoms with Gasteiger partial charge in [-0.05, 0) is 29.8 Å². The highest BCUT2D eigenvalue weighted by atomic mass is 32.1. The highest BCUT2D eigenvalue weighted by molar-refractivity contribution is 7.15. The third-order valence-corrected chi connectivity index (χ3v) is 5.37. The molecule has 1 amide bonds. The summed E-state index contributed by atoms with van der Waals surface area (Å²) in [6.45, 7) is 0.406. The molecule has 0 bridgehead atoms. The van der Waals surface area contributed by atoms with Gasteiger partial charge in [-0.3, -0.25) is 4.79 Å². The van der Waals surface area contributed by atoms with Crippen molar-refractivity contribution in [3.8, 4) is 17.1 Å². The Labute approximate surface area is 154 Å². The van der Waals surface area contributed by atoms with Crippen molar-refractivity contribution in [1.82, 2.24) is 20.3 Å². The molecule has 0 spiro atoms. The Kier molecular flexibility index (Phi) is 4.26. The lowest BCUT2D eigenvalue weighted by Gasteiger charge is -2.13. The number of benzene rings is 1. The number of anilines is 1. The number of nitrogens with zero attached hydrogens (tertiary/aromatic N) is 3. The molecule has 0 saturated carbocycles. The van der Waals surface area contributed by atoms with Crippen molar-refractivity contribution in [2.75, 3.05) is 12.8 Å². The molecule has 3 N–H and O–H groups in total. The number of rotatable bonds is 3. The van der Waals surface area contributed by atoms with Crippen LogP contribution in [0, 0.1) is 0 Å². The summed E-state index contributed by atoms with van der Waals surface area (Å²) < 4.78 is 5.17. The van der Waals surface area contributed by atoms with E-state index in [0.29, 0.717) is 23.9 Å². The van der Waals surface area contributed by atoms with Gasteiger partial charge < -0.3 is 15.8 Å². The third-order valence-electron chi connectivity index (χ3n) is 4.33. The first-order valence-corrected chi connectivity index (χ1v) is 8.94. The summed E-state index contributed by atoms with van der Waals surface area (Å²) in [5.41, 5.74) is 8.46. The van der Waals surface area contributed by atoms with E-state index in [1.165, 1.54) is 11.3 Å². The fraction of sp³-hybridized carbons (Fsp3) is 0.222. The van der Waals surface area contributed by atoms with Gasteiger partial charge in [0.1, 0.15) is 5.75 Å². The van der Waals surface area contributed by atoms with Crippen LogP contribution in [0.25, 0.3) is 11.4 Å². The monoisotopic (exact) mass is 367 g/mol. The first-order chi connectivity index (χ1) is 12.6. The summed E-state index contributed by atoms with van der Waals surface area (Å²) in [5, 5.41) is 3.37. The van der Waals surface area contributed by atoms with Gasteiger partial charge in [-0.25, -0.2) is 15.0 Å². The second-order valence-corrected chi connectivity index (χ2v) is 7.03. The van der Waals surface area contributed by atoms with E-state index in [1.54, 1.807) is 19.5 Å². The highest BCUT2D eigenvalue weighted by Gasteiger charge is 2.28. The molecule has 7 nitrogen and oxygen atoms in total. The molecule has 26 heavy (non-hydrogen) atoms. The number of carbonyl (C=O) groups excluding carboxylic acids is 1. The number of hydrogen-bond acceptors (Lipinski definition) is 7. The lowest BCUT2D eigenvalue weighted by molar-refractivity contribution is -0.121. The standard InChI is InChI=1S/C18H17N5O2S/c1-25-12-4-2-10(3-5-12)17-21-7-11(8-22-17)13-6-15(24)20-9-14-16(13)26-18(19)23-14/h2-5,7-8,13H,6,9H2,1H3,(H2,19,23)(H,20,24)/t13-/m1/s1. The summed E-state index contributed by atoms with van der Waals surface area (Å²) in [6, 6.07) is 7.56. The number of carbonyl (C=O) groups is 1. The number of amides is 1. The van der Waals surface area contributed by atoms with Crippen LogP contribution in [0.5, 0.6) is 5.75 Å². The minimum Gasteiger partial charge on any atom is -0.497 e. The Balaban J connectivity index is 1.66. The van der Waals surface area contributed by atoms with Crippen LogP contribution in [0.4, 0.5) is 5.13 Å². The highest BCUT2D eigenvalue weighted by Crippen LogP contribution is 2.37. The minimum atomic E-state index is -0.132. The molecule has 8 heteroatoms. The fourth-order valence-electron chi connectivity index (χ4n) is 2.99. The average molecular weight is 367 g/mol. The molecule has 1 aromatic carbocycles. The number of methoxy groups -OCH3 is 1. The molecule has 0 aliphatic carbocycles. The van der Waals surface area contributed by atoms with E-state index in [2.05, 4.69) is 20.3 Å². The Bertz CT molecular complexity index is 937. The van der Waals surface area contributed by atoms with Crippen molar-refractivity contribution in [1.29, 1.82) is 0 Å². The van der Waals surface area contributed by atoms with Gasteiger partial charge in [-0.15, -0.1) is 11.3 Å². The third kappa shape index (κ3) is 3.11. The molecule has 0 saturated heterocycles. The predicted molar refractivity (Wildman–Crippen MR) is 98.9 cm³/mol. The van der Waals surface area contributed by atoms with E-state index < -0.39 is 0 Å². The first-order valence-electron chi connectivity index (χ1n) is 8.12. The molecule has 132 valence electrons. The van der Waals surface area contributed by atoms with Gasteiger partial charge in [0.2, 0.25) is 5.91 Å². The number of aromatic nitrogens is 3. The second-order valence-electron chi connectivity index (χ2n) is 5.96. The summed E-state index contributed by atoms with van der Waals surface area (Å²) in [7, 11) is 1.63. The van der Waals surface area contributed by atoms with Crippen LogP contribution in [0.3, 0.4) is 0 Å². The molecule has 2 aromatic heterocycles. The zero-order valence-electron chi connectivity index (χ0n) is 14.1. The normalized spacial score (nSPS) is 16.5. The van der Waals surface area contributed by atoms with Gasteiger partial charge in [-0.1, -0.05) is 0 Å². The van der Waals surface area contributed by atoms with E-state index in [0.717, 1.165) is 27.4 Å². The Hall–Kier alpha value is -3.00. The molecule has 3 heterocycles. The number of thiazole rings is 1. The smallest absolute Gasteiger partial charge is 0.221 e. The van der Waals surface area contributed by atoms with Crippen molar-refractivity contribution in [2.45, 2.75) is 18.9 Å². The van der Waals surface area contributed by atoms with Gasteiger partial charge in [0, 0.05) is 35.2 Å². The quantitative estimate of drug-likeness (QED) is 0.736. The minimum absolute atomic E-state index is 0.0157. The van der Waals surface area contributed by atoms with Crippen LogP contribution >= 0.6 is 11.3 Å². The summed E-state index contributed by atoms with van der Waals surface area (Å²) >= 11 is 1.42. The van der Waals surface area contributed by atoms with Crippen molar-refractivity contribution in [3.05, 3.63) is 52.8 Å². The SMILES string of the molecule is COc1ccc(-c2ncc([C@H]3CC(=O)NCc4nc(N)sc43)cn2)cc1. The Morgan fingerprint density at radius 2 is 1.96 bits per heavy atom. The molecular formula is C18H17N5O2S. The molecular weight excluding hydrogens is 350 g/mol.